The number of benzene rings is 1. The quantitative estimate of drug-likeness (QED) is 0.789. The lowest BCUT2D eigenvalue weighted by Crippen LogP contribution is -2.41. The highest BCUT2D eigenvalue weighted by Crippen LogP contribution is 2.38. The second-order valence-corrected chi connectivity index (χ2v) is 7.01. The van der Waals surface area contributed by atoms with E-state index in [0.717, 1.165) is 12.1 Å². The first-order valence-electron chi connectivity index (χ1n) is 7.57. The van der Waals surface area contributed by atoms with Crippen molar-refractivity contribution in [2.75, 3.05) is 0 Å². The van der Waals surface area contributed by atoms with Crippen LogP contribution in [0.3, 0.4) is 0 Å². The third-order valence-corrected chi connectivity index (χ3v) is 4.21. The third kappa shape index (κ3) is 3.66. The fraction of sp³-hybridized carbons (Fsp3) is 0.625. The average Bonchev–Trinajstić information content (AvgIpc) is 2.56. The molecule has 2 rings (SSSR count). The Labute approximate surface area is 135 Å². The van der Waals surface area contributed by atoms with Gasteiger partial charge < -0.3 is 14.0 Å². The van der Waals surface area contributed by atoms with Crippen molar-refractivity contribution in [3.05, 3.63) is 23.8 Å². The maximum atomic E-state index is 13.0. The summed E-state index contributed by atoms with van der Waals surface area (Å²) in [6.45, 7) is 11.0. The van der Waals surface area contributed by atoms with Crippen molar-refractivity contribution >= 4 is 12.6 Å². The first-order chi connectivity index (χ1) is 10.3. The molecule has 1 aliphatic heterocycles. The Balaban J connectivity index is 2.46. The van der Waals surface area contributed by atoms with E-state index in [1.54, 1.807) is 0 Å². The summed E-state index contributed by atoms with van der Waals surface area (Å²) in [7, 11) is -0.906. The van der Waals surface area contributed by atoms with Crippen molar-refractivity contribution in [2.24, 2.45) is 0 Å². The zero-order valence-corrected chi connectivity index (χ0v) is 14.2. The van der Waals surface area contributed by atoms with Gasteiger partial charge >= 0.3 is 13.3 Å². The minimum absolute atomic E-state index is 0.173. The maximum Gasteiger partial charge on any atom is 0.498 e. The third-order valence-electron chi connectivity index (χ3n) is 4.21. The van der Waals surface area contributed by atoms with Gasteiger partial charge in [-0.25, -0.2) is 0 Å². The minimum Gasteiger partial charge on any atom is -0.491 e. The van der Waals surface area contributed by atoms with Gasteiger partial charge in [0.25, 0.3) is 0 Å². The number of alkyl halides is 3. The molecule has 1 aromatic rings. The van der Waals surface area contributed by atoms with Crippen LogP contribution in [0.15, 0.2) is 18.2 Å². The zero-order valence-electron chi connectivity index (χ0n) is 14.2. The van der Waals surface area contributed by atoms with Crippen LogP contribution in [0.5, 0.6) is 5.75 Å². The molecule has 0 unspecified atom stereocenters. The molecular weight excluding hydrogens is 308 g/mol. The monoisotopic (exact) mass is 330 g/mol. The van der Waals surface area contributed by atoms with E-state index in [4.69, 9.17) is 14.0 Å². The molecule has 0 saturated carbocycles. The summed E-state index contributed by atoms with van der Waals surface area (Å²) in [4.78, 5) is 0. The maximum absolute atomic E-state index is 13.0. The molecule has 3 nitrogen and oxygen atoms in total. The van der Waals surface area contributed by atoms with Gasteiger partial charge in [-0.05, 0) is 59.7 Å². The molecule has 0 radical (unpaired) electrons. The van der Waals surface area contributed by atoms with E-state index in [0.29, 0.717) is 5.75 Å². The Morgan fingerprint density at radius 3 is 2.00 bits per heavy atom. The Bertz CT molecular complexity index is 566. The molecule has 1 fully saturated rings. The van der Waals surface area contributed by atoms with Gasteiger partial charge in [0.05, 0.1) is 22.9 Å². The Hall–Kier alpha value is -1.21. The van der Waals surface area contributed by atoms with E-state index in [1.165, 1.54) is 6.07 Å². The molecule has 1 aromatic carbocycles. The van der Waals surface area contributed by atoms with E-state index in [2.05, 4.69) is 0 Å². The normalized spacial score (nSPS) is 20.2. The van der Waals surface area contributed by atoms with Crippen molar-refractivity contribution in [1.29, 1.82) is 0 Å². The summed E-state index contributed by atoms with van der Waals surface area (Å²) in [5.74, 6) is 0.339. The molecule has 0 aliphatic carbocycles. The summed E-state index contributed by atoms with van der Waals surface area (Å²) in [6.07, 6.45) is -4.61. The highest BCUT2D eigenvalue weighted by atomic mass is 19.4. The Morgan fingerprint density at radius 1 is 1.04 bits per heavy atom. The van der Waals surface area contributed by atoms with Crippen LogP contribution in [-0.4, -0.2) is 24.4 Å². The topological polar surface area (TPSA) is 27.7 Å². The highest BCUT2D eigenvalue weighted by Gasteiger charge is 2.52. The van der Waals surface area contributed by atoms with Gasteiger partial charge in [-0.1, -0.05) is 0 Å². The summed E-state index contributed by atoms with van der Waals surface area (Å²) in [6, 6.07) is 3.37. The van der Waals surface area contributed by atoms with E-state index >= 15 is 0 Å². The molecule has 23 heavy (non-hydrogen) atoms. The average molecular weight is 330 g/mol. The molecule has 0 spiro atoms. The van der Waals surface area contributed by atoms with Gasteiger partial charge in [0, 0.05) is 5.46 Å². The van der Waals surface area contributed by atoms with Crippen molar-refractivity contribution in [1.82, 2.24) is 0 Å². The molecule has 0 aromatic heterocycles. The first kappa shape index (κ1) is 18.1. The van der Waals surface area contributed by atoms with Gasteiger partial charge in [-0.3, -0.25) is 0 Å². The van der Waals surface area contributed by atoms with E-state index in [-0.39, 0.29) is 11.6 Å². The molecule has 128 valence electrons. The van der Waals surface area contributed by atoms with Crippen LogP contribution >= 0.6 is 0 Å². The molecular formula is C16H22BF3O3. The van der Waals surface area contributed by atoms with Crippen LogP contribution in [-0.2, 0) is 15.5 Å². The number of halogens is 3. The van der Waals surface area contributed by atoms with Crippen LogP contribution in [0.2, 0.25) is 0 Å². The summed E-state index contributed by atoms with van der Waals surface area (Å²) in [5, 5.41) is 0. The van der Waals surface area contributed by atoms with Crippen molar-refractivity contribution < 1.29 is 27.2 Å². The molecule has 0 bridgehead atoms. The fourth-order valence-electron chi connectivity index (χ4n) is 2.24. The minimum atomic E-state index is -4.44. The smallest absolute Gasteiger partial charge is 0.491 e. The summed E-state index contributed by atoms with van der Waals surface area (Å²) in [5.41, 5.74) is -1.77. The Kier molecular flexibility index (Phi) is 4.50. The van der Waals surface area contributed by atoms with Crippen molar-refractivity contribution in [2.45, 2.75) is 65.0 Å². The number of rotatable bonds is 3. The predicted octanol–water partition coefficient (Wildman–Crippen LogP) is 3.79. The lowest BCUT2D eigenvalue weighted by atomic mass is 9.77. The van der Waals surface area contributed by atoms with Gasteiger partial charge in [0.1, 0.15) is 5.75 Å². The van der Waals surface area contributed by atoms with Crippen molar-refractivity contribution in [3.8, 4) is 5.75 Å². The molecule has 1 saturated heterocycles. The molecule has 7 heteroatoms. The Morgan fingerprint density at radius 2 is 1.57 bits per heavy atom. The van der Waals surface area contributed by atoms with Gasteiger partial charge in [-0.2, -0.15) is 13.2 Å². The highest BCUT2D eigenvalue weighted by molar-refractivity contribution is 6.63. The van der Waals surface area contributed by atoms with E-state index in [1.807, 2.05) is 41.5 Å². The first-order valence-corrected chi connectivity index (χ1v) is 7.57. The molecule has 0 N–H and O–H groups in total. The standard InChI is InChI=1S/C16H22BF3O3/c1-10(2)21-13-8-7-11(16(18,19)20)9-12(13)17-22-14(3,4)15(5,6)23-17/h7-10H,1-6H3. The van der Waals surface area contributed by atoms with Gasteiger partial charge in [-0.15, -0.1) is 0 Å². The predicted molar refractivity (Wildman–Crippen MR) is 82.9 cm³/mol. The molecule has 1 heterocycles. The van der Waals surface area contributed by atoms with Crippen LogP contribution in [0.4, 0.5) is 13.2 Å². The second-order valence-electron chi connectivity index (χ2n) is 7.01. The van der Waals surface area contributed by atoms with Crippen LogP contribution < -0.4 is 10.2 Å². The molecule has 0 atom stereocenters. The summed E-state index contributed by atoms with van der Waals surface area (Å²) < 4.78 is 56.5. The number of hydrogen-bond acceptors (Lipinski definition) is 3. The lowest BCUT2D eigenvalue weighted by Gasteiger charge is -2.32. The van der Waals surface area contributed by atoms with Crippen LogP contribution in [0.25, 0.3) is 0 Å². The zero-order chi connectivity index (χ0) is 17.6. The fourth-order valence-corrected chi connectivity index (χ4v) is 2.24. The van der Waals surface area contributed by atoms with Gasteiger partial charge in [0.2, 0.25) is 0 Å². The van der Waals surface area contributed by atoms with Crippen molar-refractivity contribution in [3.63, 3.8) is 0 Å². The van der Waals surface area contributed by atoms with Crippen LogP contribution in [0.1, 0.15) is 47.1 Å². The SMILES string of the molecule is CC(C)Oc1ccc(C(F)(F)F)cc1B1OC(C)(C)C(C)(C)O1. The largest absolute Gasteiger partial charge is 0.498 e. The second kappa shape index (κ2) is 5.70. The molecule has 1 aliphatic rings. The lowest BCUT2D eigenvalue weighted by molar-refractivity contribution is -0.137. The van der Waals surface area contributed by atoms with E-state index < -0.39 is 30.1 Å². The number of ether oxygens (including phenoxy) is 1. The molecule has 0 amide bonds. The van der Waals surface area contributed by atoms with Crippen LogP contribution in [0, 0.1) is 0 Å². The van der Waals surface area contributed by atoms with Gasteiger partial charge in [0.15, 0.2) is 0 Å². The van der Waals surface area contributed by atoms with E-state index in [9.17, 15) is 13.2 Å². The number of hydrogen-bond donors (Lipinski definition) is 0. The summed E-state index contributed by atoms with van der Waals surface area (Å²) >= 11 is 0.